The first-order valence-electron chi connectivity index (χ1n) is 7.33. The molecular weight excluding hydrogens is 276 g/mol. The molecule has 6 heteroatoms. The summed E-state index contributed by atoms with van der Waals surface area (Å²) in [6, 6.07) is 0. The highest BCUT2D eigenvalue weighted by Crippen LogP contribution is 2.70. The summed E-state index contributed by atoms with van der Waals surface area (Å²) in [6.45, 7) is 3.55. The minimum Gasteiger partial charge on any atom is -0.396 e. The van der Waals surface area contributed by atoms with Crippen molar-refractivity contribution in [2.24, 2.45) is 10.8 Å². The van der Waals surface area contributed by atoms with Gasteiger partial charge in [-0.05, 0) is 25.0 Å². The topological polar surface area (TPSA) is 99.5 Å². The number of epoxide rings is 1. The number of hydrogen-bond acceptors (Lipinski definition) is 6. The lowest BCUT2D eigenvalue weighted by Gasteiger charge is -2.58. The van der Waals surface area contributed by atoms with Crippen LogP contribution in [0.5, 0.6) is 0 Å². The second-order valence-corrected chi connectivity index (χ2v) is 7.07. The lowest BCUT2D eigenvalue weighted by molar-refractivity contribution is -0.244. The van der Waals surface area contributed by atoms with Gasteiger partial charge in [0, 0.05) is 5.41 Å². The minimum absolute atomic E-state index is 0.339. The molecule has 2 aliphatic heterocycles. The Kier molecular flexibility index (Phi) is 2.47. The molecule has 2 saturated heterocycles. The molecule has 0 aromatic heterocycles. The molecule has 0 radical (unpaired) electrons. The van der Waals surface area contributed by atoms with Gasteiger partial charge in [0.15, 0.2) is 5.78 Å². The standard InChI is InChI=1S/C15H20O6/c1-7-3-9-14(5-16,11(19)10(7)18)13(2)4-8(17)12(21-9)15(13)6-20-15/h3,8-9,11-12,16-17,19H,4-6H2,1-2H3/t8-,9+,11+,12-,13-,14-,15-/m0/s1. The Balaban J connectivity index is 1.95. The van der Waals surface area contributed by atoms with Gasteiger partial charge >= 0.3 is 0 Å². The third-order valence-corrected chi connectivity index (χ3v) is 6.43. The molecule has 1 saturated carbocycles. The number of carbonyl (C=O) groups is 1. The van der Waals surface area contributed by atoms with Crippen LogP contribution in [0.2, 0.25) is 0 Å². The molecule has 4 rings (SSSR count). The van der Waals surface area contributed by atoms with E-state index >= 15 is 0 Å². The van der Waals surface area contributed by atoms with Crippen molar-refractivity contribution < 1.29 is 29.6 Å². The Morgan fingerprint density at radius 1 is 1.43 bits per heavy atom. The normalized spacial score (nSPS) is 58.1. The first-order chi connectivity index (χ1) is 9.84. The number of aliphatic hydroxyl groups excluding tert-OH is 3. The van der Waals surface area contributed by atoms with Gasteiger partial charge < -0.3 is 24.8 Å². The fourth-order valence-electron chi connectivity index (χ4n) is 5.02. The number of hydrogen-bond donors (Lipinski definition) is 3. The fraction of sp³-hybridized carbons (Fsp3) is 0.800. The first kappa shape index (κ1) is 13.8. The van der Waals surface area contributed by atoms with Crippen LogP contribution in [0.25, 0.3) is 0 Å². The van der Waals surface area contributed by atoms with Crippen molar-refractivity contribution in [3.05, 3.63) is 11.6 Å². The summed E-state index contributed by atoms with van der Waals surface area (Å²) >= 11 is 0. The van der Waals surface area contributed by atoms with Crippen LogP contribution in [-0.4, -0.2) is 64.3 Å². The van der Waals surface area contributed by atoms with E-state index in [9.17, 15) is 20.1 Å². The van der Waals surface area contributed by atoms with Crippen molar-refractivity contribution in [3.63, 3.8) is 0 Å². The molecule has 0 amide bonds. The number of aliphatic hydroxyl groups is 3. The number of rotatable bonds is 1. The van der Waals surface area contributed by atoms with E-state index in [1.807, 2.05) is 6.92 Å². The summed E-state index contributed by atoms with van der Waals surface area (Å²) in [5.41, 5.74) is -2.16. The van der Waals surface area contributed by atoms with Crippen LogP contribution in [0.1, 0.15) is 20.3 Å². The molecule has 3 N–H and O–H groups in total. The Morgan fingerprint density at radius 3 is 2.67 bits per heavy atom. The average molecular weight is 296 g/mol. The molecule has 0 unspecified atom stereocenters. The largest absolute Gasteiger partial charge is 0.396 e. The van der Waals surface area contributed by atoms with E-state index in [0.717, 1.165) is 0 Å². The van der Waals surface area contributed by atoms with Crippen LogP contribution in [-0.2, 0) is 14.3 Å². The molecule has 1 spiro atoms. The van der Waals surface area contributed by atoms with Gasteiger partial charge in [0.05, 0.1) is 30.8 Å². The second kappa shape index (κ2) is 3.75. The highest BCUT2D eigenvalue weighted by molar-refractivity contribution is 6.00. The number of ether oxygens (including phenoxy) is 2. The molecule has 2 aliphatic carbocycles. The van der Waals surface area contributed by atoms with E-state index in [1.165, 1.54) is 0 Å². The second-order valence-electron chi connectivity index (χ2n) is 7.07. The van der Waals surface area contributed by atoms with Crippen LogP contribution < -0.4 is 0 Å². The molecule has 2 heterocycles. The van der Waals surface area contributed by atoms with Gasteiger partial charge in [-0.15, -0.1) is 0 Å². The van der Waals surface area contributed by atoms with Crippen molar-refractivity contribution in [2.45, 2.75) is 50.3 Å². The smallest absolute Gasteiger partial charge is 0.187 e. The van der Waals surface area contributed by atoms with E-state index in [0.29, 0.717) is 18.6 Å². The van der Waals surface area contributed by atoms with Crippen molar-refractivity contribution in [3.8, 4) is 0 Å². The van der Waals surface area contributed by atoms with Crippen LogP contribution in [0, 0.1) is 10.8 Å². The lowest BCUT2D eigenvalue weighted by Crippen LogP contribution is -2.70. The summed E-state index contributed by atoms with van der Waals surface area (Å²) in [5.74, 6) is -0.388. The highest BCUT2D eigenvalue weighted by Gasteiger charge is 2.83. The first-order valence-corrected chi connectivity index (χ1v) is 7.33. The van der Waals surface area contributed by atoms with E-state index < -0.39 is 47.5 Å². The highest BCUT2D eigenvalue weighted by atomic mass is 16.6. The van der Waals surface area contributed by atoms with E-state index in [-0.39, 0.29) is 5.78 Å². The van der Waals surface area contributed by atoms with Gasteiger partial charge in [-0.25, -0.2) is 0 Å². The molecule has 0 aromatic rings. The predicted molar refractivity (Wildman–Crippen MR) is 70.4 cm³/mol. The van der Waals surface area contributed by atoms with Gasteiger partial charge in [-0.1, -0.05) is 6.92 Å². The maximum atomic E-state index is 12.3. The molecular formula is C15H20O6. The van der Waals surface area contributed by atoms with E-state index in [2.05, 4.69) is 0 Å². The van der Waals surface area contributed by atoms with E-state index in [1.54, 1.807) is 13.0 Å². The van der Waals surface area contributed by atoms with Gasteiger partial charge in [0.25, 0.3) is 0 Å². The zero-order valence-electron chi connectivity index (χ0n) is 12.1. The molecule has 2 bridgehead atoms. The maximum absolute atomic E-state index is 12.3. The molecule has 3 fully saturated rings. The van der Waals surface area contributed by atoms with Gasteiger partial charge in [-0.3, -0.25) is 4.79 Å². The lowest BCUT2D eigenvalue weighted by atomic mass is 9.50. The number of Topliss-reactive ketones (excluding diaryl/α,β-unsaturated/α-hetero) is 1. The quantitative estimate of drug-likeness (QED) is 0.546. The molecule has 116 valence electrons. The van der Waals surface area contributed by atoms with Crippen LogP contribution in [0.4, 0.5) is 0 Å². The SMILES string of the molecule is CC1=C[C@H]2O[C@H]3[C@@H](O)C[C@@](C)([C@]2(CO)[C@H](O)C1=O)[C@]31CO1. The molecule has 7 atom stereocenters. The molecule has 6 nitrogen and oxygen atoms in total. The summed E-state index contributed by atoms with van der Waals surface area (Å²) in [6.07, 6.45) is -1.14. The number of ketones is 1. The molecule has 4 aliphatic rings. The Hall–Kier alpha value is -0.790. The third-order valence-electron chi connectivity index (χ3n) is 6.43. The zero-order valence-corrected chi connectivity index (χ0v) is 12.1. The van der Waals surface area contributed by atoms with Crippen molar-refractivity contribution in [1.29, 1.82) is 0 Å². The average Bonchev–Trinajstić information content (AvgIpc) is 3.20. The summed E-state index contributed by atoms with van der Waals surface area (Å²) in [7, 11) is 0. The number of fused-ring (bicyclic) bond motifs is 2. The Morgan fingerprint density at radius 2 is 2.10 bits per heavy atom. The van der Waals surface area contributed by atoms with Crippen LogP contribution in [0.3, 0.4) is 0 Å². The van der Waals surface area contributed by atoms with Crippen molar-refractivity contribution >= 4 is 5.78 Å². The van der Waals surface area contributed by atoms with Crippen LogP contribution in [0.15, 0.2) is 11.6 Å². The van der Waals surface area contributed by atoms with E-state index in [4.69, 9.17) is 9.47 Å². The minimum atomic E-state index is -1.35. The Bertz CT molecular complexity index is 552. The zero-order chi connectivity index (χ0) is 15.2. The van der Waals surface area contributed by atoms with Crippen molar-refractivity contribution in [2.75, 3.05) is 13.2 Å². The van der Waals surface area contributed by atoms with Crippen molar-refractivity contribution in [1.82, 2.24) is 0 Å². The maximum Gasteiger partial charge on any atom is 0.187 e. The third kappa shape index (κ3) is 1.22. The molecule has 0 aromatic carbocycles. The molecule has 21 heavy (non-hydrogen) atoms. The summed E-state index contributed by atoms with van der Waals surface area (Å²) in [5, 5.41) is 31.1. The predicted octanol–water partition coefficient (Wildman–Crippen LogP) is -0.838. The fourth-order valence-corrected chi connectivity index (χ4v) is 5.02. The van der Waals surface area contributed by atoms with Gasteiger partial charge in [0.1, 0.15) is 17.8 Å². The van der Waals surface area contributed by atoms with Crippen LogP contribution >= 0.6 is 0 Å². The van der Waals surface area contributed by atoms with Gasteiger partial charge in [0.2, 0.25) is 0 Å². The van der Waals surface area contributed by atoms with Gasteiger partial charge in [-0.2, -0.15) is 0 Å². The summed E-state index contributed by atoms with van der Waals surface area (Å²) < 4.78 is 11.6. The Labute approximate surface area is 122 Å². The summed E-state index contributed by atoms with van der Waals surface area (Å²) in [4.78, 5) is 12.3. The number of carbonyl (C=O) groups excluding carboxylic acids is 1. The monoisotopic (exact) mass is 296 g/mol.